The number of ether oxygens (including phenoxy) is 2. The maximum absolute atomic E-state index is 12.1. The van der Waals surface area contributed by atoms with E-state index in [0.717, 1.165) is 16.7 Å². The van der Waals surface area contributed by atoms with E-state index in [2.05, 4.69) is 20.8 Å². The lowest BCUT2D eigenvalue weighted by Crippen LogP contribution is -2.21. The first kappa shape index (κ1) is 17.1. The molecule has 0 radical (unpaired) electrons. The van der Waals surface area contributed by atoms with E-state index in [1.54, 1.807) is 0 Å². The summed E-state index contributed by atoms with van der Waals surface area (Å²) in [5.74, 6) is 0.906. The van der Waals surface area contributed by atoms with E-state index in [0.29, 0.717) is 11.5 Å². The molecular formula is C20H24O3. The Labute approximate surface area is 138 Å². The van der Waals surface area contributed by atoms with E-state index in [-0.39, 0.29) is 12.0 Å². The van der Waals surface area contributed by atoms with Crippen molar-refractivity contribution in [3.05, 3.63) is 59.2 Å². The molecule has 0 bridgehead atoms. The van der Waals surface area contributed by atoms with E-state index in [4.69, 9.17) is 9.47 Å². The molecule has 0 amide bonds. The van der Waals surface area contributed by atoms with Crippen molar-refractivity contribution >= 4 is 5.97 Å². The van der Waals surface area contributed by atoms with Gasteiger partial charge >= 0.3 is 5.97 Å². The van der Waals surface area contributed by atoms with Crippen LogP contribution in [0.3, 0.4) is 0 Å². The van der Waals surface area contributed by atoms with Crippen molar-refractivity contribution in [1.29, 1.82) is 0 Å². The summed E-state index contributed by atoms with van der Waals surface area (Å²) < 4.78 is 11.1. The van der Waals surface area contributed by atoms with Gasteiger partial charge in [-0.3, -0.25) is 0 Å². The van der Waals surface area contributed by atoms with E-state index in [1.165, 1.54) is 0 Å². The molecule has 0 aromatic heterocycles. The fourth-order valence-corrected chi connectivity index (χ4v) is 2.33. The summed E-state index contributed by atoms with van der Waals surface area (Å²) >= 11 is 0. The second kappa shape index (κ2) is 6.86. The van der Waals surface area contributed by atoms with Crippen LogP contribution in [0.2, 0.25) is 0 Å². The van der Waals surface area contributed by atoms with Gasteiger partial charge in [0.25, 0.3) is 0 Å². The van der Waals surface area contributed by atoms with Crippen LogP contribution < -0.4 is 9.47 Å². The third-order valence-electron chi connectivity index (χ3n) is 3.61. The number of hydrogen-bond acceptors (Lipinski definition) is 3. The van der Waals surface area contributed by atoms with Crippen LogP contribution in [0.1, 0.15) is 37.5 Å². The minimum absolute atomic E-state index is 0.0924. The van der Waals surface area contributed by atoms with Crippen LogP contribution in [-0.2, 0) is 10.2 Å². The number of para-hydroxylation sites is 1. The van der Waals surface area contributed by atoms with Gasteiger partial charge in [-0.15, -0.1) is 0 Å². The molecule has 0 saturated carbocycles. The van der Waals surface area contributed by atoms with Gasteiger partial charge in [0, 0.05) is 5.56 Å². The molecule has 0 N–H and O–H groups in total. The summed E-state index contributed by atoms with van der Waals surface area (Å²) in [4.78, 5) is 12.1. The van der Waals surface area contributed by atoms with E-state index in [1.807, 2.05) is 56.3 Å². The van der Waals surface area contributed by atoms with Crippen LogP contribution in [0.25, 0.3) is 0 Å². The van der Waals surface area contributed by atoms with Crippen molar-refractivity contribution in [3.63, 3.8) is 0 Å². The molecule has 3 heteroatoms. The van der Waals surface area contributed by atoms with Crippen molar-refractivity contribution in [2.45, 2.75) is 40.0 Å². The van der Waals surface area contributed by atoms with Gasteiger partial charge in [-0.25, -0.2) is 4.79 Å². The first-order valence-corrected chi connectivity index (χ1v) is 7.77. The second-order valence-corrected chi connectivity index (χ2v) is 6.78. The first-order chi connectivity index (χ1) is 10.8. The van der Waals surface area contributed by atoms with Crippen molar-refractivity contribution in [2.24, 2.45) is 0 Å². The molecule has 0 saturated heterocycles. The molecule has 2 aromatic carbocycles. The number of hydrogen-bond donors (Lipinski definition) is 0. The Morgan fingerprint density at radius 3 is 2.39 bits per heavy atom. The average molecular weight is 312 g/mol. The van der Waals surface area contributed by atoms with Gasteiger partial charge in [0.1, 0.15) is 11.5 Å². The highest BCUT2D eigenvalue weighted by molar-refractivity contribution is 5.74. The predicted molar refractivity (Wildman–Crippen MR) is 92.2 cm³/mol. The lowest BCUT2D eigenvalue weighted by atomic mass is 9.86. The highest BCUT2D eigenvalue weighted by Crippen LogP contribution is 2.31. The Morgan fingerprint density at radius 1 is 1.00 bits per heavy atom. The summed E-state index contributed by atoms with van der Waals surface area (Å²) in [6.45, 7) is 10.1. The van der Waals surface area contributed by atoms with Crippen molar-refractivity contribution in [3.8, 4) is 11.5 Å². The minimum Gasteiger partial charge on any atom is -0.482 e. The fraction of sp³-hybridized carbons (Fsp3) is 0.350. The summed E-state index contributed by atoms with van der Waals surface area (Å²) in [6, 6.07) is 13.5. The molecular weight excluding hydrogens is 288 g/mol. The number of benzene rings is 2. The number of aryl methyl sites for hydroxylation is 2. The average Bonchev–Trinajstić information content (AvgIpc) is 2.47. The number of rotatable bonds is 4. The van der Waals surface area contributed by atoms with Crippen molar-refractivity contribution in [2.75, 3.05) is 6.61 Å². The third-order valence-corrected chi connectivity index (χ3v) is 3.61. The molecule has 0 aliphatic carbocycles. The van der Waals surface area contributed by atoms with Crippen LogP contribution >= 0.6 is 0 Å². The summed E-state index contributed by atoms with van der Waals surface area (Å²) in [5, 5.41) is 0. The predicted octanol–water partition coefficient (Wildman–Crippen LogP) is 4.59. The molecule has 3 nitrogen and oxygen atoms in total. The molecule has 0 spiro atoms. The normalized spacial score (nSPS) is 11.2. The zero-order chi connectivity index (χ0) is 17.0. The SMILES string of the molecule is Cc1ccc(C)c(OCC(=O)Oc2ccccc2C(C)(C)C)c1. The van der Waals surface area contributed by atoms with Crippen LogP contribution in [0.4, 0.5) is 0 Å². The number of carbonyl (C=O) groups excluding carboxylic acids is 1. The Morgan fingerprint density at radius 2 is 1.70 bits per heavy atom. The summed E-state index contributed by atoms with van der Waals surface area (Å²) in [7, 11) is 0. The van der Waals surface area contributed by atoms with Crippen LogP contribution in [0.15, 0.2) is 42.5 Å². The van der Waals surface area contributed by atoms with Crippen LogP contribution in [-0.4, -0.2) is 12.6 Å². The van der Waals surface area contributed by atoms with E-state index in [9.17, 15) is 4.79 Å². The topological polar surface area (TPSA) is 35.5 Å². The number of carbonyl (C=O) groups is 1. The first-order valence-electron chi connectivity index (χ1n) is 7.77. The molecule has 2 rings (SSSR count). The zero-order valence-electron chi connectivity index (χ0n) is 14.5. The molecule has 2 aromatic rings. The van der Waals surface area contributed by atoms with Gasteiger partial charge in [-0.2, -0.15) is 0 Å². The monoisotopic (exact) mass is 312 g/mol. The van der Waals surface area contributed by atoms with Gasteiger partial charge < -0.3 is 9.47 Å². The van der Waals surface area contributed by atoms with Gasteiger partial charge in [0.2, 0.25) is 0 Å². The zero-order valence-corrected chi connectivity index (χ0v) is 14.5. The van der Waals surface area contributed by atoms with Crippen molar-refractivity contribution < 1.29 is 14.3 Å². The lowest BCUT2D eigenvalue weighted by molar-refractivity contribution is -0.136. The fourth-order valence-electron chi connectivity index (χ4n) is 2.33. The molecule has 0 fully saturated rings. The van der Waals surface area contributed by atoms with Crippen LogP contribution in [0, 0.1) is 13.8 Å². The third kappa shape index (κ3) is 4.59. The molecule has 122 valence electrons. The number of esters is 1. The molecule has 0 aliphatic heterocycles. The smallest absolute Gasteiger partial charge is 0.349 e. The Balaban J connectivity index is 2.05. The second-order valence-electron chi connectivity index (χ2n) is 6.78. The van der Waals surface area contributed by atoms with Gasteiger partial charge in [0.05, 0.1) is 0 Å². The Kier molecular flexibility index (Phi) is 5.09. The Hall–Kier alpha value is -2.29. The Bertz CT molecular complexity index is 696. The molecule has 0 heterocycles. The van der Waals surface area contributed by atoms with Gasteiger partial charge in [-0.05, 0) is 42.5 Å². The maximum atomic E-state index is 12.1. The largest absolute Gasteiger partial charge is 0.482 e. The maximum Gasteiger partial charge on any atom is 0.349 e. The molecule has 23 heavy (non-hydrogen) atoms. The molecule has 0 atom stereocenters. The summed E-state index contributed by atoms with van der Waals surface area (Å²) in [6.07, 6.45) is 0. The van der Waals surface area contributed by atoms with E-state index < -0.39 is 5.97 Å². The quantitative estimate of drug-likeness (QED) is 0.612. The lowest BCUT2D eigenvalue weighted by Gasteiger charge is -2.22. The molecule has 0 aliphatic rings. The van der Waals surface area contributed by atoms with E-state index >= 15 is 0 Å². The van der Waals surface area contributed by atoms with Crippen molar-refractivity contribution in [1.82, 2.24) is 0 Å². The van der Waals surface area contributed by atoms with Gasteiger partial charge in [0.15, 0.2) is 6.61 Å². The van der Waals surface area contributed by atoms with Gasteiger partial charge in [-0.1, -0.05) is 51.1 Å². The highest BCUT2D eigenvalue weighted by atomic mass is 16.6. The highest BCUT2D eigenvalue weighted by Gasteiger charge is 2.20. The summed E-state index contributed by atoms with van der Waals surface area (Å²) in [5.41, 5.74) is 3.00. The van der Waals surface area contributed by atoms with Crippen LogP contribution in [0.5, 0.6) is 11.5 Å². The molecule has 0 unspecified atom stereocenters. The standard InChI is InChI=1S/C20H24O3/c1-14-10-11-15(2)18(12-14)22-13-19(21)23-17-9-7-6-8-16(17)20(3,4)5/h6-12H,13H2,1-5H3. The minimum atomic E-state index is -0.400.